The maximum absolute atomic E-state index is 12.1. The zero-order chi connectivity index (χ0) is 16.3. The number of rotatable bonds is 0. The van der Waals surface area contributed by atoms with Crippen LogP contribution in [0.1, 0.15) is 89.0 Å². The quantitative estimate of drug-likeness (QED) is 0.636. The van der Waals surface area contributed by atoms with Crippen LogP contribution in [0.2, 0.25) is 0 Å². The largest absolute Gasteiger partial charge is 0.300 e. The fourth-order valence-corrected chi connectivity index (χ4v) is 4.57. The minimum Gasteiger partial charge on any atom is -0.300 e. The molecule has 0 spiro atoms. The molecule has 0 radical (unpaired) electrons. The van der Waals surface area contributed by atoms with Gasteiger partial charge >= 0.3 is 0 Å². The first kappa shape index (κ1) is 15.8. The molecule has 0 saturated heterocycles. The van der Waals surface area contributed by atoms with Crippen LogP contribution < -0.4 is 0 Å². The maximum Gasteiger partial charge on any atom is 0.133 e. The number of carbonyl (C=O) groups is 1. The third kappa shape index (κ3) is 2.53. The van der Waals surface area contributed by atoms with Gasteiger partial charge in [-0.1, -0.05) is 53.7 Å². The molecule has 3 rings (SSSR count). The molecule has 1 fully saturated rings. The van der Waals surface area contributed by atoms with E-state index in [0.29, 0.717) is 17.6 Å². The van der Waals surface area contributed by atoms with E-state index in [1.54, 1.807) is 5.56 Å². The predicted molar refractivity (Wildman–Crippen MR) is 92.6 cm³/mol. The molecule has 2 unspecified atom stereocenters. The summed E-state index contributed by atoms with van der Waals surface area (Å²) in [4.78, 5) is 12.1. The van der Waals surface area contributed by atoms with Gasteiger partial charge in [0.2, 0.25) is 0 Å². The van der Waals surface area contributed by atoms with Crippen LogP contribution in [-0.2, 0) is 22.0 Å². The van der Waals surface area contributed by atoms with Gasteiger partial charge in [-0.15, -0.1) is 0 Å². The van der Waals surface area contributed by atoms with E-state index in [-0.39, 0.29) is 10.8 Å². The topological polar surface area (TPSA) is 17.1 Å². The van der Waals surface area contributed by atoms with E-state index in [4.69, 9.17) is 0 Å². The monoisotopic (exact) mass is 298 g/mol. The molecule has 2 aliphatic carbocycles. The van der Waals surface area contributed by atoms with Gasteiger partial charge in [-0.2, -0.15) is 0 Å². The van der Waals surface area contributed by atoms with E-state index in [2.05, 4.69) is 53.7 Å². The van der Waals surface area contributed by atoms with Crippen LogP contribution in [0.5, 0.6) is 0 Å². The molecule has 1 aromatic carbocycles. The first-order valence-corrected chi connectivity index (χ1v) is 8.77. The van der Waals surface area contributed by atoms with Crippen molar-refractivity contribution in [2.45, 2.75) is 84.0 Å². The first-order valence-electron chi connectivity index (χ1n) is 8.77. The highest BCUT2D eigenvalue weighted by atomic mass is 16.1. The summed E-state index contributed by atoms with van der Waals surface area (Å²) in [6, 6.07) is 4.71. The molecule has 2 aliphatic rings. The normalized spacial score (nSPS) is 25.1. The summed E-state index contributed by atoms with van der Waals surface area (Å²) in [5, 5.41) is 0. The molecule has 0 aromatic heterocycles. The van der Waals surface area contributed by atoms with Crippen LogP contribution in [0.15, 0.2) is 12.1 Å². The fourth-order valence-electron chi connectivity index (χ4n) is 4.57. The van der Waals surface area contributed by atoms with Gasteiger partial charge in [0.15, 0.2) is 0 Å². The van der Waals surface area contributed by atoms with Crippen LogP contribution in [0, 0.1) is 5.92 Å². The van der Waals surface area contributed by atoms with E-state index in [0.717, 1.165) is 19.3 Å². The Hall–Kier alpha value is -1.11. The Bertz CT molecular complexity index is 610. The molecule has 0 bridgehead atoms. The molecule has 120 valence electrons. The van der Waals surface area contributed by atoms with E-state index in [1.165, 1.54) is 23.1 Å². The summed E-state index contributed by atoms with van der Waals surface area (Å²) < 4.78 is 0. The summed E-state index contributed by atoms with van der Waals surface area (Å²) in [5.41, 5.74) is 6.41. The molecule has 1 nitrogen and oxygen atoms in total. The maximum atomic E-state index is 12.1. The summed E-state index contributed by atoms with van der Waals surface area (Å²) in [6.07, 6.45) is 3.84. The highest BCUT2D eigenvalue weighted by Gasteiger charge is 2.42. The molecule has 0 aliphatic heterocycles. The Morgan fingerprint density at radius 2 is 1.50 bits per heavy atom. The number of hydrogen-bond acceptors (Lipinski definition) is 1. The second kappa shape index (κ2) is 4.94. The van der Waals surface area contributed by atoms with Gasteiger partial charge in [0.1, 0.15) is 5.78 Å². The van der Waals surface area contributed by atoms with Crippen molar-refractivity contribution in [3.63, 3.8) is 0 Å². The van der Waals surface area contributed by atoms with Crippen LogP contribution in [0.25, 0.3) is 0 Å². The van der Waals surface area contributed by atoms with Crippen LogP contribution >= 0.6 is 0 Å². The van der Waals surface area contributed by atoms with Crippen molar-refractivity contribution in [1.82, 2.24) is 0 Å². The lowest BCUT2D eigenvalue weighted by Crippen LogP contribution is -2.23. The van der Waals surface area contributed by atoms with Crippen LogP contribution in [-0.4, -0.2) is 5.78 Å². The zero-order valence-electron chi connectivity index (χ0n) is 15.0. The third-order valence-corrected chi connectivity index (χ3v) is 5.62. The van der Waals surface area contributed by atoms with Crippen molar-refractivity contribution in [2.24, 2.45) is 5.92 Å². The van der Waals surface area contributed by atoms with E-state index < -0.39 is 0 Å². The average Bonchev–Trinajstić information content (AvgIpc) is 2.73. The molecule has 0 N–H and O–H groups in total. The van der Waals surface area contributed by atoms with Crippen LogP contribution in [0.3, 0.4) is 0 Å². The van der Waals surface area contributed by atoms with Gasteiger partial charge in [-0.25, -0.2) is 0 Å². The number of Topliss-reactive ketones (excluding diaryl/α,β-unsaturated/α-hetero) is 1. The minimum absolute atomic E-state index is 0.149. The van der Waals surface area contributed by atoms with E-state index in [1.807, 2.05) is 0 Å². The second-order valence-corrected chi connectivity index (χ2v) is 9.41. The lowest BCUT2D eigenvalue weighted by Gasteiger charge is -2.31. The average molecular weight is 298 g/mol. The Balaban J connectivity index is 2.21. The summed E-state index contributed by atoms with van der Waals surface area (Å²) in [5.74, 6) is 1.64. The molecule has 1 aromatic rings. The van der Waals surface area contributed by atoms with Gasteiger partial charge in [-0.05, 0) is 57.8 Å². The summed E-state index contributed by atoms with van der Waals surface area (Å²) in [6.45, 7) is 13.8. The molecule has 1 heteroatoms. The highest BCUT2D eigenvalue weighted by Crippen LogP contribution is 2.51. The van der Waals surface area contributed by atoms with Crippen LogP contribution in [0.4, 0.5) is 0 Å². The number of benzene rings is 1. The van der Waals surface area contributed by atoms with Gasteiger partial charge in [0.25, 0.3) is 0 Å². The Morgan fingerprint density at radius 1 is 0.909 bits per heavy atom. The molecular formula is C21H30O. The SMILES string of the molecule is CC(C)(C)c1ccc(C(C)(C)C)c2c1CC1CCC(=O)CC21. The zero-order valence-corrected chi connectivity index (χ0v) is 15.0. The molecule has 0 amide bonds. The lowest BCUT2D eigenvalue weighted by atomic mass is 9.73. The summed E-state index contributed by atoms with van der Waals surface area (Å²) >= 11 is 0. The number of fused-ring (bicyclic) bond motifs is 3. The smallest absolute Gasteiger partial charge is 0.133 e. The summed E-state index contributed by atoms with van der Waals surface area (Å²) in [7, 11) is 0. The minimum atomic E-state index is 0.149. The molecule has 1 saturated carbocycles. The number of hydrogen-bond donors (Lipinski definition) is 0. The van der Waals surface area contributed by atoms with Crippen molar-refractivity contribution in [2.75, 3.05) is 0 Å². The first-order chi connectivity index (χ1) is 10.1. The Morgan fingerprint density at radius 3 is 2.09 bits per heavy atom. The molecular weight excluding hydrogens is 268 g/mol. The Kier molecular flexibility index (Phi) is 3.54. The van der Waals surface area contributed by atoms with Crippen molar-refractivity contribution >= 4 is 5.78 Å². The second-order valence-electron chi connectivity index (χ2n) is 9.41. The highest BCUT2D eigenvalue weighted by molar-refractivity contribution is 5.81. The predicted octanol–water partition coefficient (Wildman–Crippen LogP) is 5.29. The van der Waals surface area contributed by atoms with Gasteiger partial charge in [0.05, 0.1) is 0 Å². The van der Waals surface area contributed by atoms with Gasteiger partial charge < -0.3 is 0 Å². The number of carbonyl (C=O) groups excluding carboxylic acids is 1. The molecule has 2 atom stereocenters. The van der Waals surface area contributed by atoms with E-state index >= 15 is 0 Å². The fraction of sp³-hybridized carbons (Fsp3) is 0.667. The van der Waals surface area contributed by atoms with Gasteiger partial charge in [0, 0.05) is 12.8 Å². The van der Waals surface area contributed by atoms with Crippen molar-refractivity contribution in [1.29, 1.82) is 0 Å². The standard InChI is InChI=1S/C21H30O/c1-20(2,3)17-9-10-18(21(4,5)6)19-15-12-14(22)8-7-13(15)11-16(17)19/h9-10,13,15H,7-8,11-12H2,1-6H3. The van der Waals surface area contributed by atoms with Gasteiger partial charge in [-0.3, -0.25) is 4.79 Å². The van der Waals surface area contributed by atoms with Crippen molar-refractivity contribution in [3.8, 4) is 0 Å². The van der Waals surface area contributed by atoms with Crippen molar-refractivity contribution < 1.29 is 4.79 Å². The van der Waals surface area contributed by atoms with Crippen molar-refractivity contribution in [3.05, 3.63) is 34.4 Å². The van der Waals surface area contributed by atoms with E-state index in [9.17, 15) is 4.79 Å². The molecule has 22 heavy (non-hydrogen) atoms. The number of ketones is 1. The molecule has 0 heterocycles. The third-order valence-electron chi connectivity index (χ3n) is 5.62. The lowest BCUT2D eigenvalue weighted by molar-refractivity contribution is -0.121. The Labute approximate surface area is 135 Å².